The minimum absolute atomic E-state index is 0.118. The van der Waals surface area contributed by atoms with Gasteiger partial charge in [-0.05, 0) is 69.5 Å². The van der Waals surface area contributed by atoms with Gasteiger partial charge in [-0.2, -0.15) is 10.1 Å². The van der Waals surface area contributed by atoms with E-state index >= 15 is 0 Å². The Kier molecular flexibility index (Phi) is 7.28. The van der Waals surface area contributed by atoms with Gasteiger partial charge in [0.05, 0.1) is 10.0 Å². The number of aromatic nitrogens is 4. The van der Waals surface area contributed by atoms with Crippen molar-refractivity contribution in [2.75, 3.05) is 26.2 Å². The maximum atomic E-state index is 13.3. The average molecular weight is 475 g/mol. The second-order valence-corrected chi connectivity index (χ2v) is 9.16. The molecule has 1 fully saturated rings. The predicted octanol–water partition coefficient (Wildman–Crippen LogP) is 4.11. The van der Waals surface area contributed by atoms with Crippen LogP contribution in [0.3, 0.4) is 0 Å². The van der Waals surface area contributed by atoms with Crippen LogP contribution in [-0.4, -0.2) is 61.5 Å². The third-order valence-electron chi connectivity index (χ3n) is 6.17. The second kappa shape index (κ2) is 10.1. The summed E-state index contributed by atoms with van der Waals surface area (Å²) in [6.07, 6.45) is 4.99. The Morgan fingerprint density at radius 3 is 2.69 bits per heavy atom. The van der Waals surface area contributed by atoms with E-state index in [4.69, 9.17) is 23.2 Å². The molecule has 3 heterocycles. The molecule has 170 valence electrons. The second-order valence-electron chi connectivity index (χ2n) is 8.35. The van der Waals surface area contributed by atoms with Gasteiger partial charge in [0.25, 0.3) is 5.78 Å². The molecule has 2 aromatic heterocycles. The lowest BCUT2D eigenvalue weighted by Gasteiger charge is -2.26. The van der Waals surface area contributed by atoms with Crippen molar-refractivity contribution in [2.24, 2.45) is 0 Å². The van der Waals surface area contributed by atoms with Gasteiger partial charge in [-0.3, -0.25) is 4.79 Å². The van der Waals surface area contributed by atoms with Crippen LogP contribution in [0.1, 0.15) is 41.8 Å². The fourth-order valence-corrected chi connectivity index (χ4v) is 4.65. The molecule has 0 bridgehead atoms. The molecule has 0 N–H and O–H groups in total. The molecule has 0 aliphatic carbocycles. The Bertz CT molecular complexity index is 1110. The highest BCUT2D eigenvalue weighted by atomic mass is 35.5. The molecule has 1 amide bonds. The van der Waals surface area contributed by atoms with Crippen molar-refractivity contribution in [1.82, 2.24) is 29.4 Å². The summed E-state index contributed by atoms with van der Waals surface area (Å²) in [6, 6.07) is 5.56. The SMILES string of the molecule is Cc1nc2ncnn2c(C)c1CCC(=O)N(CCN1CCCC1)Cc1ccc(Cl)c(Cl)c1. The van der Waals surface area contributed by atoms with E-state index in [1.54, 1.807) is 10.6 Å². The van der Waals surface area contributed by atoms with E-state index in [0.717, 1.165) is 42.1 Å². The van der Waals surface area contributed by atoms with E-state index in [0.29, 0.717) is 41.8 Å². The van der Waals surface area contributed by atoms with Crippen LogP contribution >= 0.6 is 23.2 Å². The van der Waals surface area contributed by atoms with Gasteiger partial charge < -0.3 is 9.80 Å². The molecule has 9 heteroatoms. The highest BCUT2D eigenvalue weighted by molar-refractivity contribution is 6.42. The van der Waals surface area contributed by atoms with Gasteiger partial charge in [-0.15, -0.1) is 0 Å². The molecule has 1 aliphatic heterocycles. The number of halogens is 2. The van der Waals surface area contributed by atoms with Gasteiger partial charge >= 0.3 is 0 Å². The number of rotatable bonds is 8. The fourth-order valence-electron chi connectivity index (χ4n) is 4.33. The van der Waals surface area contributed by atoms with Crippen LogP contribution in [0.15, 0.2) is 24.5 Å². The van der Waals surface area contributed by atoms with E-state index in [1.165, 1.54) is 19.2 Å². The van der Waals surface area contributed by atoms with Gasteiger partial charge in [0.15, 0.2) is 0 Å². The quantitative estimate of drug-likeness (QED) is 0.491. The molecule has 4 rings (SSSR count). The van der Waals surface area contributed by atoms with Gasteiger partial charge in [0.1, 0.15) is 6.33 Å². The number of amides is 1. The average Bonchev–Trinajstić information content (AvgIpc) is 3.45. The van der Waals surface area contributed by atoms with Crippen molar-refractivity contribution in [3.05, 3.63) is 57.1 Å². The first-order valence-electron chi connectivity index (χ1n) is 11.0. The lowest BCUT2D eigenvalue weighted by atomic mass is 10.1. The van der Waals surface area contributed by atoms with Crippen molar-refractivity contribution >= 4 is 34.9 Å². The van der Waals surface area contributed by atoms with Gasteiger partial charge in [-0.1, -0.05) is 29.3 Å². The molecule has 1 aliphatic rings. The zero-order chi connectivity index (χ0) is 22.7. The zero-order valence-electron chi connectivity index (χ0n) is 18.5. The van der Waals surface area contributed by atoms with E-state index in [-0.39, 0.29) is 5.91 Å². The summed E-state index contributed by atoms with van der Waals surface area (Å²) in [5.74, 6) is 0.703. The fraction of sp³-hybridized carbons (Fsp3) is 0.478. The van der Waals surface area contributed by atoms with Crippen LogP contribution in [0.2, 0.25) is 10.0 Å². The highest BCUT2D eigenvalue weighted by Gasteiger charge is 2.19. The zero-order valence-corrected chi connectivity index (χ0v) is 20.0. The summed E-state index contributed by atoms with van der Waals surface area (Å²) < 4.78 is 1.73. The highest BCUT2D eigenvalue weighted by Crippen LogP contribution is 2.24. The number of aryl methyl sites for hydroxylation is 2. The first-order valence-corrected chi connectivity index (χ1v) is 11.8. The van der Waals surface area contributed by atoms with Crippen molar-refractivity contribution in [2.45, 2.75) is 46.1 Å². The van der Waals surface area contributed by atoms with Crippen LogP contribution in [0.25, 0.3) is 5.78 Å². The molecule has 1 saturated heterocycles. The number of hydrogen-bond acceptors (Lipinski definition) is 5. The van der Waals surface area contributed by atoms with Gasteiger partial charge in [-0.25, -0.2) is 9.50 Å². The molecular formula is C23H28Cl2N6O. The first-order chi connectivity index (χ1) is 15.4. The third-order valence-corrected chi connectivity index (χ3v) is 6.91. The summed E-state index contributed by atoms with van der Waals surface area (Å²) in [5.41, 5.74) is 3.90. The molecule has 3 aromatic rings. The molecule has 32 heavy (non-hydrogen) atoms. The van der Waals surface area contributed by atoms with Crippen LogP contribution in [0, 0.1) is 13.8 Å². The molecule has 0 unspecified atom stereocenters. The standard InChI is InChI=1S/C23H28Cl2N6O/c1-16-19(17(2)31-23(28-16)26-15-27-31)6-8-22(32)30(12-11-29-9-3-4-10-29)14-18-5-7-20(24)21(25)13-18/h5,7,13,15H,3-4,6,8-12,14H2,1-2H3. The minimum atomic E-state index is 0.118. The molecule has 0 atom stereocenters. The summed E-state index contributed by atoms with van der Waals surface area (Å²) in [7, 11) is 0. The Morgan fingerprint density at radius 1 is 1.16 bits per heavy atom. The molecule has 0 spiro atoms. The number of hydrogen-bond donors (Lipinski definition) is 0. The number of benzene rings is 1. The molecular weight excluding hydrogens is 447 g/mol. The lowest BCUT2D eigenvalue weighted by molar-refractivity contribution is -0.132. The van der Waals surface area contributed by atoms with Crippen LogP contribution in [0.4, 0.5) is 0 Å². The third kappa shape index (κ3) is 5.22. The van der Waals surface area contributed by atoms with Crippen molar-refractivity contribution in [3.63, 3.8) is 0 Å². The van der Waals surface area contributed by atoms with Crippen LogP contribution in [0.5, 0.6) is 0 Å². The van der Waals surface area contributed by atoms with Gasteiger partial charge in [0, 0.05) is 37.4 Å². The predicted molar refractivity (Wildman–Crippen MR) is 126 cm³/mol. The van der Waals surface area contributed by atoms with E-state index in [2.05, 4.69) is 20.0 Å². The van der Waals surface area contributed by atoms with Gasteiger partial charge in [0.2, 0.25) is 5.91 Å². The summed E-state index contributed by atoms with van der Waals surface area (Å²) in [6.45, 7) is 8.27. The number of nitrogens with zero attached hydrogens (tertiary/aromatic N) is 6. The Balaban J connectivity index is 1.47. The molecule has 1 aromatic carbocycles. The van der Waals surface area contributed by atoms with E-state index in [1.807, 2.05) is 30.9 Å². The number of carbonyl (C=O) groups excluding carboxylic acids is 1. The minimum Gasteiger partial charge on any atom is -0.337 e. The van der Waals surface area contributed by atoms with Crippen molar-refractivity contribution in [1.29, 1.82) is 0 Å². The lowest BCUT2D eigenvalue weighted by Crippen LogP contribution is -2.37. The maximum Gasteiger partial charge on any atom is 0.252 e. The largest absolute Gasteiger partial charge is 0.337 e. The Hall–Kier alpha value is -2.22. The summed E-state index contributed by atoms with van der Waals surface area (Å²) >= 11 is 12.3. The molecule has 0 saturated carbocycles. The first kappa shape index (κ1) is 23.0. The maximum absolute atomic E-state index is 13.3. The van der Waals surface area contributed by atoms with Crippen molar-refractivity contribution < 1.29 is 4.79 Å². The van der Waals surface area contributed by atoms with E-state index < -0.39 is 0 Å². The van der Waals surface area contributed by atoms with Crippen LogP contribution < -0.4 is 0 Å². The Morgan fingerprint density at radius 2 is 1.94 bits per heavy atom. The Labute approximate surface area is 198 Å². The number of likely N-dealkylation sites (tertiary alicyclic amines) is 1. The molecule has 7 nitrogen and oxygen atoms in total. The van der Waals surface area contributed by atoms with Crippen molar-refractivity contribution in [3.8, 4) is 0 Å². The summed E-state index contributed by atoms with van der Waals surface area (Å²) in [4.78, 5) is 26.4. The topological polar surface area (TPSA) is 66.6 Å². The summed E-state index contributed by atoms with van der Waals surface area (Å²) in [5, 5.41) is 5.28. The normalized spacial score (nSPS) is 14.4. The monoisotopic (exact) mass is 474 g/mol. The molecule has 0 radical (unpaired) electrons. The van der Waals surface area contributed by atoms with Crippen LogP contribution in [-0.2, 0) is 17.8 Å². The number of fused-ring (bicyclic) bond motifs is 1. The smallest absolute Gasteiger partial charge is 0.252 e. The number of carbonyl (C=O) groups is 1. The van der Waals surface area contributed by atoms with E-state index in [9.17, 15) is 4.79 Å².